The summed E-state index contributed by atoms with van der Waals surface area (Å²) in [6, 6.07) is 12.9. The zero-order valence-corrected chi connectivity index (χ0v) is 19.3. The van der Waals surface area contributed by atoms with E-state index in [4.69, 9.17) is 51.8 Å². The van der Waals surface area contributed by atoms with Gasteiger partial charge in [0, 0.05) is 17.8 Å². The second kappa shape index (κ2) is 11.3. The lowest BCUT2D eigenvalue weighted by atomic mass is 10.2. The largest absolute Gasteiger partial charge is 0.484 e. The van der Waals surface area contributed by atoms with Gasteiger partial charge in [-0.1, -0.05) is 53.9 Å². The van der Waals surface area contributed by atoms with Gasteiger partial charge in [-0.3, -0.25) is 14.9 Å². The molecule has 0 aliphatic carbocycles. The number of thiocarbonyl (C=S) groups is 1. The number of non-ortho nitro benzene ring substituents is 1. The standard InChI is InChI=1S/C19H19Cl3N4O4S/c1-2-12-3-9-15(10-4-12)30-11-16(27)24-17(19(20,21)22)25-18(31)23-13-5-7-14(8-6-13)26(28)29/h3-10,17H,2,11H2,1H3,(H,24,27)(H2,23,25,31). The number of hydrogen-bond acceptors (Lipinski definition) is 5. The molecule has 2 aromatic rings. The Labute approximate surface area is 199 Å². The summed E-state index contributed by atoms with van der Waals surface area (Å²) < 4.78 is 3.51. The predicted octanol–water partition coefficient (Wildman–Crippen LogP) is 4.34. The van der Waals surface area contributed by atoms with Crippen molar-refractivity contribution in [3.8, 4) is 5.75 Å². The third-order valence-corrected chi connectivity index (χ3v) is 4.82. The highest BCUT2D eigenvalue weighted by molar-refractivity contribution is 7.80. The second-order valence-electron chi connectivity index (χ2n) is 6.23. The van der Waals surface area contributed by atoms with Crippen molar-refractivity contribution in [3.05, 3.63) is 64.2 Å². The Morgan fingerprint density at radius 1 is 1.13 bits per heavy atom. The lowest BCUT2D eigenvalue weighted by Crippen LogP contribution is -2.56. The number of nitrogens with one attached hydrogen (secondary N) is 3. The van der Waals surface area contributed by atoms with Crippen LogP contribution in [0.4, 0.5) is 11.4 Å². The average molecular weight is 506 g/mol. The summed E-state index contributed by atoms with van der Waals surface area (Å²) in [5.74, 6) is -0.0115. The van der Waals surface area contributed by atoms with Crippen molar-refractivity contribution in [2.75, 3.05) is 11.9 Å². The number of carbonyl (C=O) groups is 1. The molecule has 0 aliphatic heterocycles. The molecule has 0 radical (unpaired) electrons. The number of halogens is 3. The summed E-state index contributed by atoms with van der Waals surface area (Å²) in [7, 11) is 0. The number of amides is 1. The number of alkyl halides is 3. The molecule has 1 atom stereocenters. The van der Waals surface area contributed by atoms with E-state index in [0.717, 1.165) is 12.0 Å². The molecular formula is C19H19Cl3N4O4S. The summed E-state index contributed by atoms with van der Waals surface area (Å²) >= 11 is 23.0. The number of aryl methyl sites for hydroxylation is 1. The molecule has 0 saturated carbocycles. The Kier molecular flexibility index (Phi) is 9.12. The molecule has 0 bridgehead atoms. The summed E-state index contributed by atoms with van der Waals surface area (Å²) in [6.07, 6.45) is -0.278. The van der Waals surface area contributed by atoms with Crippen molar-refractivity contribution in [1.29, 1.82) is 0 Å². The molecule has 0 fully saturated rings. The van der Waals surface area contributed by atoms with Crippen LogP contribution in [0.1, 0.15) is 12.5 Å². The van der Waals surface area contributed by atoms with E-state index in [9.17, 15) is 14.9 Å². The van der Waals surface area contributed by atoms with E-state index in [1.165, 1.54) is 24.3 Å². The number of ether oxygens (including phenoxy) is 1. The lowest BCUT2D eigenvalue weighted by molar-refractivity contribution is -0.384. The molecule has 0 aromatic heterocycles. The van der Waals surface area contributed by atoms with Gasteiger partial charge in [-0.25, -0.2) is 0 Å². The number of nitro benzene ring substituents is 1. The first-order chi connectivity index (χ1) is 14.6. The van der Waals surface area contributed by atoms with Gasteiger partial charge in [0.1, 0.15) is 11.9 Å². The van der Waals surface area contributed by atoms with Crippen LogP contribution in [-0.2, 0) is 11.2 Å². The van der Waals surface area contributed by atoms with E-state index in [0.29, 0.717) is 11.4 Å². The molecule has 2 rings (SSSR count). The maximum Gasteiger partial charge on any atom is 0.269 e. The molecule has 31 heavy (non-hydrogen) atoms. The van der Waals surface area contributed by atoms with Gasteiger partial charge in [0.2, 0.25) is 3.79 Å². The minimum absolute atomic E-state index is 0.0292. The Bertz CT molecular complexity index is 921. The number of benzene rings is 2. The van der Waals surface area contributed by atoms with Crippen LogP contribution in [0.25, 0.3) is 0 Å². The Morgan fingerprint density at radius 2 is 1.74 bits per heavy atom. The van der Waals surface area contributed by atoms with Gasteiger partial charge in [-0.05, 0) is 48.5 Å². The highest BCUT2D eigenvalue weighted by Crippen LogP contribution is 2.29. The zero-order chi connectivity index (χ0) is 23.0. The van der Waals surface area contributed by atoms with E-state index in [1.807, 2.05) is 19.1 Å². The highest BCUT2D eigenvalue weighted by atomic mass is 35.6. The molecule has 1 amide bonds. The number of carbonyl (C=O) groups excluding carboxylic acids is 1. The van der Waals surface area contributed by atoms with E-state index in [2.05, 4.69) is 16.0 Å². The van der Waals surface area contributed by atoms with E-state index in [1.54, 1.807) is 12.1 Å². The van der Waals surface area contributed by atoms with Crippen LogP contribution < -0.4 is 20.7 Å². The molecule has 1 unspecified atom stereocenters. The number of hydrogen-bond donors (Lipinski definition) is 3. The van der Waals surface area contributed by atoms with E-state index >= 15 is 0 Å². The molecule has 2 aromatic carbocycles. The summed E-state index contributed by atoms with van der Waals surface area (Å²) in [4.78, 5) is 22.5. The summed E-state index contributed by atoms with van der Waals surface area (Å²) in [5.41, 5.74) is 1.54. The monoisotopic (exact) mass is 504 g/mol. The van der Waals surface area contributed by atoms with Crippen molar-refractivity contribution in [1.82, 2.24) is 10.6 Å². The number of nitro groups is 1. The molecular weight excluding hydrogens is 487 g/mol. The first kappa shape index (κ1) is 24.9. The van der Waals surface area contributed by atoms with Crippen molar-refractivity contribution >= 4 is 69.4 Å². The number of rotatable bonds is 8. The van der Waals surface area contributed by atoms with Crippen molar-refractivity contribution in [3.63, 3.8) is 0 Å². The van der Waals surface area contributed by atoms with Crippen molar-refractivity contribution < 1.29 is 14.5 Å². The van der Waals surface area contributed by atoms with Gasteiger partial charge >= 0.3 is 0 Å². The van der Waals surface area contributed by atoms with Crippen LogP contribution in [0.5, 0.6) is 5.75 Å². The average Bonchev–Trinajstić information content (AvgIpc) is 2.72. The minimum Gasteiger partial charge on any atom is -0.484 e. The van der Waals surface area contributed by atoms with Crippen molar-refractivity contribution in [2.24, 2.45) is 0 Å². The fourth-order valence-corrected chi connectivity index (χ4v) is 2.90. The smallest absolute Gasteiger partial charge is 0.269 e. The van der Waals surface area contributed by atoms with Gasteiger partial charge in [0.15, 0.2) is 11.7 Å². The van der Waals surface area contributed by atoms with Gasteiger partial charge in [-0.15, -0.1) is 0 Å². The van der Waals surface area contributed by atoms with Crippen LogP contribution in [0.15, 0.2) is 48.5 Å². The third-order valence-electron chi connectivity index (χ3n) is 3.95. The Balaban J connectivity index is 1.92. The maximum absolute atomic E-state index is 12.3. The highest BCUT2D eigenvalue weighted by Gasteiger charge is 2.34. The molecule has 166 valence electrons. The maximum atomic E-state index is 12.3. The first-order valence-electron chi connectivity index (χ1n) is 8.98. The van der Waals surface area contributed by atoms with Crippen LogP contribution in [-0.4, -0.2) is 32.5 Å². The van der Waals surface area contributed by atoms with E-state index in [-0.39, 0.29) is 17.4 Å². The fourth-order valence-electron chi connectivity index (χ4n) is 2.34. The van der Waals surface area contributed by atoms with Crippen LogP contribution >= 0.6 is 47.0 Å². The summed E-state index contributed by atoms with van der Waals surface area (Å²) in [6.45, 7) is 1.74. The lowest BCUT2D eigenvalue weighted by Gasteiger charge is -2.27. The van der Waals surface area contributed by atoms with Crippen molar-refractivity contribution in [2.45, 2.75) is 23.3 Å². The van der Waals surface area contributed by atoms with Gasteiger partial charge < -0.3 is 20.7 Å². The minimum atomic E-state index is -1.93. The van der Waals surface area contributed by atoms with Crippen LogP contribution in [0.2, 0.25) is 0 Å². The van der Waals surface area contributed by atoms with Crippen LogP contribution in [0, 0.1) is 10.1 Å². The molecule has 3 N–H and O–H groups in total. The fraction of sp³-hybridized carbons (Fsp3) is 0.263. The topological polar surface area (TPSA) is 106 Å². The number of nitrogens with zero attached hydrogens (tertiary/aromatic N) is 1. The van der Waals surface area contributed by atoms with Crippen LogP contribution in [0.3, 0.4) is 0 Å². The first-order valence-corrected chi connectivity index (χ1v) is 10.5. The number of anilines is 1. The molecule has 12 heteroatoms. The van der Waals surface area contributed by atoms with E-state index < -0.39 is 20.8 Å². The second-order valence-corrected chi connectivity index (χ2v) is 9.01. The normalized spacial score (nSPS) is 11.9. The van der Waals surface area contributed by atoms with Gasteiger partial charge in [0.25, 0.3) is 11.6 Å². The Hall–Kier alpha value is -2.33. The van der Waals surface area contributed by atoms with Gasteiger partial charge in [0.05, 0.1) is 4.92 Å². The third kappa shape index (κ3) is 8.37. The quantitative estimate of drug-likeness (QED) is 0.161. The van der Waals surface area contributed by atoms with Gasteiger partial charge in [-0.2, -0.15) is 0 Å². The Morgan fingerprint density at radius 3 is 2.26 bits per heavy atom. The zero-order valence-electron chi connectivity index (χ0n) is 16.2. The molecule has 8 nitrogen and oxygen atoms in total. The summed E-state index contributed by atoms with van der Waals surface area (Å²) in [5, 5.41) is 18.7. The predicted molar refractivity (Wildman–Crippen MR) is 126 cm³/mol. The molecule has 0 saturated heterocycles. The SMILES string of the molecule is CCc1ccc(OCC(=O)NC(NC(=S)Nc2ccc([N+](=O)[O-])cc2)C(Cl)(Cl)Cl)cc1. The molecule has 0 spiro atoms. The molecule has 0 heterocycles. The molecule has 0 aliphatic rings.